The fourth-order valence-electron chi connectivity index (χ4n) is 2.12. The van der Waals surface area contributed by atoms with Crippen LogP contribution in [0.15, 0.2) is 36.4 Å². The molecule has 0 heterocycles. The predicted molar refractivity (Wildman–Crippen MR) is 83.4 cm³/mol. The first-order valence-corrected chi connectivity index (χ1v) is 6.75. The Morgan fingerprint density at radius 1 is 1.15 bits per heavy atom. The average molecular weight is 292 g/mol. The van der Waals surface area contributed by atoms with Gasteiger partial charge in [-0.25, -0.2) is 0 Å². The first-order valence-electron chi connectivity index (χ1n) is 6.37. The standard InChI is InChI=1S/C16H18ClNO2/c1-19-9-8-11-4-3-5-13(16(11)18)12-6-7-14(17)15(10-12)20-2/h3-7,10H,8-9,18H2,1-2H3. The normalized spacial score (nSPS) is 10.6. The van der Waals surface area contributed by atoms with Crippen molar-refractivity contribution in [2.45, 2.75) is 6.42 Å². The highest BCUT2D eigenvalue weighted by Gasteiger charge is 2.09. The fraction of sp³-hybridized carbons (Fsp3) is 0.250. The Morgan fingerprint density at radius 2 is 1.95 bits per heavy atom. The van der Waals surface area contributed by atoms with Crippen molar-refractivity contribution in [3.05, 3.63) is 47.0 Å². The van der Waals surface area contributed by atoms with Crippen molar-refractivity contribution >= 4 is 17.3 Å². The van der Waals surface area contributed by atoms with E-state index in [1.54, 1.807) is 14.2 Å². The Hall–Kier alpha value is -1.71. The molecule has 0 saturated heterocycles. The molecule has 106 valence electrons. The molecule has 0 atom stereocenters. The summed E-state index contributed by atoms with van der Waals surface area (Å²) in [5.74, 6) is 0.644. The number of rotatable bonds is 5. The Morgan fingerprint density at radius 3 is 2.65 bits per heavy atom. The molecular weight excluding hydrogens is 274 g/mol. The van der Waals surface area contributed by atoms with Gasteiger partial charge >= 0.3 is 0 Å². The SMILES string of the molecule is COCCc1cccc(-c2ccc(Cl)c(OC)c2)c1N. The van der Waals surface area contributed by atoms with E-state index in [9.17, 15) is 0 Å². The van der Waals surface area contributed by atoms with Gasteiger partial charge in [-0.05, 0) is 29.7 Å². The number of anilines is 1. The molecule has 0 saturated carbocycles. The first kappa shape index (κ1) is 14.7. The largest absolute Gasteiger partial charge is 0.495 e. The summed E-state index contributed by atoms with van der Waals surface area (Å²) in [5.41, 5.74) is 10.1. The molecule has 0 fully saturated rings. The Labute approximate surface area is 124 Å². The van der Waals surface area contributed by atoms with Gasteiger partial charge in [0.25, 0.3) is 0 Å². The zero-order valence-corrected chi connectivity index (χ0v) is 12.4. The Bertz CT molecular complexity index is 599. The Balaban J connectivity index is 2.42. The number of methoxy groups -OCH3 is 2. The molecule has 20 heavy (non-hydrogen) atoms. The second-order valence-electron chi connectivity index (χ2n) is 4.47. The van der Waals surface area contributed by atoms with Crippen LogP contribution in [0.1, 0.15) is 5.56 Å². The molecule has 0 unspecified atom stereocenters. The van der Waals surface area contributed by atoms with Crippen LogP contribution < -0.4 is 10.5 Å². The number of nitrogens with two attached hydrogens (primary N) is 1. The van der Waals surface area contributed by atoms with Crippen molar-refractivity contribution in [1.29, 1.82) is 0 Å². The quantitative estimate of drug-likeness (QED) is 0.853. The summed E-state index contributed by atoms with van der Waals surface area (Å²) in [7, 11) is 3.29. The number of nitrogen functional groups attached to an aromatic ring is 1. The summed E-state index contributed by atoms with van der Waals surface area (Å²) >= 11 is 6.05. The second-order valence-corrected chi connectivity index (χ2v) is 4.88. The van der Waals surface area contributed by atoms with Gasteiger partial charge in [0.05, 0.1) is 18.7 Å². The summed E-state index contributed by atoms with van der Waals surface area (Å²) in [6.45, 7) is 0.650. The molecule has 2 rings (SSSR count). The van der Waals surface area contributed by atoms with Crippen LogP contribution >= 0.6 is 11.6 Å². The molecule has 2 N–H and O–H groups in total. The lowest BCUT2D eigenvalue weighted by Gasteiger charge is -2.12. The molecule has 4 heteroatoms. The fourth-order valence-corrected chi connectivity index (χ4v) is 2.32. The van der Waals surface area contributed by atoms with Gasteiger partial charge in [-0.3, -0.25) is 0 Å². The van der Waals surface area contributed by atoms with Crippen molar-refractivity contribution in [2.75, 3.05) is 26.6 Å². The van der Waals surface area contributed by atoms with Crippen LogP contribution in [-0.4, -0.2) is 20.8 Å². The van der Waals surface area contributed by atoms with Gasteiger partial charge in [-0.2, -0.15) is 0 Å². The summed E-state index contributed by atoms with van der Waals surface area (Å²) in [4.78, 5) is 0. The van der Waals surface area contributed by atoms with Crippen LogP contribution in [0, 0.1) is 0 Å². The minimum Gasteiger partial charge on any atom is -0.495 e. The van der Waals surface area contributed by atoms with Gasteiger partial charge in [0.1, 0.15) is 5.75 Å². The number of halogens is 1. The van der Waals surface area contributed by atoms with Gasteiger partial charge in [-0.1, -0.05) is 35.9 Å². The smallest absolute Gasteiger partial charge is 0.138 e. The zero-order chi connectivity index (χ0) is 14.5. The van der Waals surface area contributed by atoms with Crippen molar-refractivity contribution in [3.8, 4) is 16.9 Å². The van der Waals surface area contributed by atoms with Gasteiger partial charge in [0.2, 0.25) is 0 Å². The van der Waals surface area contributed by atoms with E-state index in [0.717, 1.165) is 28.8 Å². The summed E-state index contributed by atoms with van der Waals surface area (Å²) in [6, 6.07) is 11.7. The zero-order valence-electron chi connectivity index (χ0n) is 11.7. The molecule has 2 aromatic rings. The van der Waals surface area contributed by atoms with Gasteiger partial charge < -0.3 is 15.2 Å². The maximum Gasteiger partial charge on any atom is 0.138 e. The number of ether oxygens (including phenoxy) is 2. The van der Waals surface area contributed by atoms with Crippen LogP contribution in [0.3, 0.4) is 0 Å². The number of para-hydroxylation sites is 1. The molecule has 0 spiro atoms. The van der Waals surface area contributed by atoms with E-state index in [0.29, 0.717) is 17.4 Å². The van der Waals surface area contributed by atoms with E-state index in [4.69, 9.17) is 26.8 Å². The highest BCUT2D eigenvalue weighted by Crippen LogP contribution is 2.34. The number of hydrogen-bond donors (Lipinski definition) is 1. The minimum atomic E-state index is 0.588. The molecule has 2 aromatic carbocycles. The molecular formula is C16H18ClNO2. The van der Waals surface area contributed by atoms with Crippen LogP contribution in [-0.2, 0) is 11.2 Å². The second kappa shape index (κ2) is 6.64. The lowest BCUT2D eigenvalue weighted by Crippen LogP contribution is -2.01. The molecule has 0 aromatic heterocycles. The van der Waals surface area contributed by atoms with E-state index in [1.165, 1.54) is 0 Å². The summed E-state index contributed by atoms with van der Waals surface area (Å²) < 4.78 is 10.4. The highest BCUT2D eigenvalue weighted by molar-refractivity contribution is 6.32. The lowest BCUT2D eigenvalue weighted by atomic mass is 9.99. The van der Waals surface area contributed by atoms with Gasteiger partial charge in [-0.15, -0.1) is 0 Å². The third kappa shape index (κ3) is 3.06. The summed E-state index contributed by atoms with van der Waals surface area (Å²) in [5, 5.41) is 0.588. The Kier molecular flexibility index (Phi) is 4.88. The van der Waals surface area contributed by atoms with Gasteiger partial charge in [0, 0.05) is 18.4 Å². The molecule has 0 aliphatic heterocycles. The summed E-state index contributed by atoms with van der Waals surface area (Å²) in [6.07, 6.45) is 0.793. The van der Waals surface area contributed by atoms with Crippen LogP contribution in [0.5, 0.6) is 5.75 Å². The van der Waals surface area contributed by atoms with Gasteiger partial charge in [0.15, 0.2) is 0 Å². The third-order valence-corrected chi connectivity index (χ3v) is 3.55. The molecule has 0 aliphatic carbocycles. The first-order chi connectivity index (χ1) is 9.67. The third-order valence-electron chi connectivity index (χ3n) is 3.23. The molecule has 0 amide bonds. The maximum atomic E-state index is 6.26. The van der Waals surface area contributed by atoms with Crippen molar-refractivity contribution in [2.24, 2.45) is 0 Å². The topological polar surface area (TPSA) is 44.5 Å². The number of hydrogen-bond acceptors (Lipinski definition) is 3. The van der Waals surface area contributed by atoms with Crippen molar-refractivity contribution in [1.82, 2.24) is 0 Å². The van der Waals surface area contributed by atoms with E-state index in [2.05, 4.69) is 0 Å². The van der Waals surface area contributed by atoms with Crippen LogP contribution in [0.2, 0.25) is 5.02 Å². The molecule has 3 nitrogen and oxygen atoms in total. The maximum absolute atomic E-state index is 6.26. The highest BCUT2D eigenvalue weighted by atomic mass is 35.5. The average Bonchev–Trinajstić information content (AvgIpc) is 2.47. The van der Waals surface area contributed by atoms with Crippen LogP contribution in [0.25, 0.3) is 11.1 Å². The molecule has 0 bridgehead atoms. The van der Waals surface area contributed by atoms with Crippen LogP contribution in [0.4, 0.5) is 5.69 Å². The minimum absolute atomic E-state index is 0.588. The number of benzene rings is 2. The lowest BCUT2D eigenvalue weighted by molar-refractivity contribution is 0.202. The van der Waals surface area contributed by atoms with E-state index >= 15 is 0 Å². The van der Waals surface area contributed by atoms with Crippen molar-refractivity contribution in [3.63, 3.8) is 0 Å². The monoisotopic (exact) mass is 291 g/mol. The van der Waals surface area contributed by atoms with E-state index in [-0.39, 0.29) is 0 Å². The predicted octanol–water partition coefficient (Wildman–Crippen LogP) is 3.79. The van der Waals surface area contributed by atoms with E-state index in [1.807, 2.05) is 36.4 Å². The molecule has 0 radical (unpaired) electrons. The van der Waals surface area contributed by atoms with E-state index < -0.39 is 0 Å². The molecule has 0 aliphatic rings. The van der Waals surface area contributed by atoms with Crippen molar-refractivity contribution < 1.29 is 9.47 Å².